The van der Waals surface area contributed by atoms with Crippen molar-refractivity contribution in [3.05, 3.63) is 28.1 Å². The van der Waals surface area contributed by atoms with E-state index in [2.05, 4.69) is 11.9 Å². The molecule has 0 N–H and O–H groups in total. The van der Waals surface area contributed by atoms with Crippen LogP contribution in [0.5, 0.6) is 0 Å². The van der Waals surface area contributed by atoms with Gasteiger partial charge in [0.05, 0.1) is 11.7 Å². The monoisotopic (exact) mass is 305 g/mol. The molecule has 1 aliphatic rings. The van der Waals surface area contributed by atoms with E-state index in [0.717, 1.165) is 30.6 Å². The van der Waals surface area contributed by atoms with Gasteiger partial charge in [-0.3, -0.25) is 14.2 Å². The van der Waals surface area contributed by atoms with E-state index in [1.807, 2.05) is 10.3 Å². The fourth-order valence-electron chi connectivity index (χ4n) is 3.00. The predicted octanol–water partition coefficient (Wildman–Crippen LogP) is 2.25. The van der Waals surface area contributed by atoms with Crippen molar-refractivity contribution >= 4 is 27.5 Å². The number of hydrogen-bond donors (Lipinski definition) is 0. The Balaban J connectivity index is 1.82. The third kappa shape index (κ3) is 2.72. The minimum atomic E-state index is -0.125. The highest BCUT2D eigenvalue weighted by atomic mass is 32.1. The van der Waals surface area contributed by atoms with E-state index in [9.17, 15) is 9.59 Å². The molecule has 0 aliphatic carbocycles. The van der Waals surface area contributed by atoms with Gasteiger partial charge < -0.3 is 4.90 Å². The van der Waals surface area contributed by atoms with Gasteiger partial charge in [0.25, 0.3) is 5.56 Å². The summed E-state index contributed by atoms with van der Waals surface area (Å²) in [6.45, 7) is 3.01. The van der Waals surface area contributed by atoms with Crippen molar-refractivity contribution in [1.29, 1.82) is 0 Å². The second-order valence-corrected chi connectivity index (χ2v) is 6.36. The van der Waals surface area contributed by atoms with Gasteiger partial charge in [0.1, 0.15) is 11.4 Å². The minimum Gasteiger partial charge on any atom is -0.338 e. The van der Waals surface area contributed by atoms with Crippen LogP contribution in [0, 0.1) is 0 Å². The Bertz CT molecular complexity index is 706. The number of carbonyl (C=O) groups excluding carboxylic acids is 1. The highest BCUT2D eigenvalue weighted by molar-refractivity contribution is 7.16. The number of fused-ring (bicyclic) bond motifs is 1. The van der Waals surface area contributed by atoms with Crippen LogP contribution in [-0.2, 0) is 11.3 Å². The van der Waals surface area contributed by atoms with Gasteiger partial charge in [-0.15, -0.1) is 11.3 Å². The Morgan fingerprint density at radius 2 is 2.33 bits per heavy atom. The maximum absolute atomic E-state index is 12.5. The van der Waals surface area contributed by atoms with Crippen LogP contribution in [0.25, 0.3) is 10.2 Å². The molecule has 0 saturated carbocycles. The van der Waals surface area contributed by atoms with Gasteiger partial charge >= 0.3 is 0 Å². The fraction of sp³-hybridized carbons (Fsp3) is 0.533. The van der Waals surface area contributed by atoms with Crippen LogP contribution in [0.1, 0.15) is 32.6 Å². The molecule has 0 bridgehead atoms. The molecule has 2 aromatic rings. The topological polar surface area (TPSA) is 55.2 Å². The third-order valence-electron chi connectivity index (χ3n) is 4.17. The molecule has 0 radical (unpaired) electrons. The Hall–Kier alpha value is -1.69. The van der Waals surface area contributed by atoms with Gasteiger partial charge in [-0.1, -0.05) is 6.92 Å². The van der Waals surface area contributed by atoms with Crippen LogP contribution in [0.15, 0.2) is 22.6 Å². The number of hydrogen-bond acceptors (Lipinski definition) is 4. The first-order valence-electron chi connectivity index (χ1n) is 7.43. The maximum atomic E-state index is 12.5. The molecule has 1 fully saturated rings. The summed E-state index contributed by atoms with van der Waals surface area (Å²) in [5.41, 5.74) is -0.125. The lowest BCUT2D eigenvalue weighted by Crippen LogP contribution is -2.45. The van der Waals surface area contributed by atoms with E-state index in [4.69, 9.17) is 0 Å². The van der Waals surface area contributed by atoms with Gasteiger partial charge in [0.15, 0.2) is 0 Å². The lowest BCUT2D eigenvalue weighted by atomic mass is 10.00. The molecule has 1 aliphatic heterocycles. The standard InChI is InChI=1S/C15H19N3O2S/c1-2-11-5-3-4-7-18(11)13(19)9-17-10-16-14-12(15(17)20)6-8-21-14/h6,8,10-11H,2-5,7,9H2,1H3/t11-/m1/s1. The molecular formula is C15H19N3O2S. The average Bonchev–Trinajstić information content (AvgIpc) is 2.99. The Morgan fingerprint density at radius 1 is 1.48 bits per heavy atom. The van der Waals surface area contributed by atoms with Crippen molar-refractivity contribution in [3.63, 3.8) is 0 Å². The first-order chi connectivity index (χ1) is 10.2. The number of nitrogens with zero attached hydrogens (tertiary/aromatic N) is 3. The number of aromatic nitrogens is 2. The number of amides is 1. The van der Waals surface area contributed by atoms with Crippen LogP contribution in [0.4, 0.5) is 0 Å². The molecule has 1 saturated heterocycles. The van der Waals surface area contributed by atoms with Gasteiger partial charge in [0.2, 0.25) is 5.91 Å². The lowest BCUT2D eigenvalue weighted by Gasteiger charge is -2.35. The molecule has 3 heterocycles. The molecule has 0 unspecified atom stereocenters. The molecule has 0 aromatic carbocycles. The molecule has 21 heavy (non-hydrogen) atoms. The zero-order valence-electron chi connectivity index (χ0n) is 12.1. The molecule has 1 atom stereocenters. The second kappa shape index (κ2) is 5.97. The van der Waals surface area contributed by atoms with E-state index in [1.165, 1.54) is 28.7 Å². The van der Waals surface area contributed by atoms with E-state index in [0.29, 0.717) is 11.4 Å². The van der Waals surface area contributed by atoms with Gasteiger partial charge in [-0.05, 0) is 37.1 Å². The molecule has 6 heteroatoms. The Morgan fingerprint density at radius 3 is 3.14 bits per heavy atom. The molecular weight excluding hydrogens is 286 g/mol. The lowest BCUT2D eigenvalue weighted by molar-refractivity contribution is -0.135. The molecule has 1 amide bonds. The summed E-state index contributed by atoms with van der Waals surface area (Å²) in [4.78, 5) is 31.7. The average molecular weight is 305 g/mol. The summed E-state index contributed by atoms with van der Waals surface area (Å²) in [7, 11) is 0. The van der Waals surface area contributed by atoms with Crippen molar-refractivity contribution in [1.82, 2.24) is 14.5 Å². The predicted molar refractivity (Wildman–Crippen MR) is 83.5 cm³/mol. The molecule has 112 valence electrons. The highest BCUT2D eigenvalue weighted by Crippen LogP contribution is 2.20. The molecule has 5 nitrogen and oxygen atoms in total. The zero-order valence-corrected chi connectivity index (χ0v) is 12.9. The largest absolute Gasteiger partial charge is 0.338 e. The third-order valence-corrected chi connectivity index (χ3v) is 5.00. The van der Waals surface area contributed by atoms with Crippen molar-refractivity contribution in [2.45, 2.75) is 45.2 Å². The van der Waals surface area contributed by atoms with Crippen LogP contribution in [0.2, 0.25) is 0 Å². The normalized spacial score (nSPS) is 19.1. The zero-order chi connectivity index (χ0) is 14.8. The number of carbonyl (C=O) groups is 1. The summed E-state index contributed by atoms with van der Waals surface area (Å²) >= 11 is 1.44. The van der Waals surface area contributed by atoms with Crippen LogP contribution >= 0.6 is 11.3 Å². The van der Waals surface area contributed by atoms with Crippen LogP contribution < -0.4 is 5.56 Å². The fourth-order valence-corrected chi connectivity index (χ4v) is 3.72. The second-order valence-electron chi connectivity index (χ2n) is 5.46. The maximum Gasteiger partial charge on any atom is 0.262 e. The number of rotatable bonds is 3. The number of piperidine rings is 1. The van der Waals surface area contributed by atoms with Gasteiger partial charge in [-0.25, -0.2) is 4.98 Å². The van der Waals surface area contributed by atoms with Crippen molar-refractivity contribution in [3.8, 4) is 0 Å². The van der Waals surface area contributed by atoms with Gasteiger partial charge in [-0.2, -0.15) is 0 Å². The summed E-state index contributed by atoms with van der Waals surface area (Å²) in [6, 6.07) is 2.09. The van der Waals surface area contributed by atoms with E-state index < -0.39 is 0 Å². The van der Waals surface area contributed by atoms with Crippen LogP contribution in [-0.4, -0.2) is 32.9 Å². The van der Waals surface area contributed by atoms with E-state index >= 15 is 0 Å². The summed E-state index contributed by atoms with van der Waals surface area (Å²) in [5, 5.41) is 2.45. The summed E-state index contributed by atoms with van der Waals surface area (Å²) in [5.74, 6) is 0.0278. The first-order valence-corrected chi connectivity index (χ1v) is 8.30. The first kappa shape index (κ1) is 14.3. The molecule has 3 rings (SSSR count). The smallest absolute Gasteiger partial charge is 0.262 e. The summed E-state index contributed by atoms with van der Waals surface area (Å²) < 4.78 is 1.43. The number of likely N-dealkylation sites (tertiary alicyclic amines) is 1. The van der Waals surface area contributed by atoms with Crippen molar-refractivity contribution in [2.75, 3.05) is 6.54 Å². The van der Waals surface area contributed by atoms with Gasteiger partial charge in [0, 0.05) is 12.6 Å². The molecule has 2 aromatic heterocycles. The van der Waals surface area contributed by atoms with Crippen molar-refractivity contribution in [2.24, 2.45) is 0 Å². The SMILES string of the molecule is CC[C@@H]1CCCCN1C(=O)Cn1cnc2sccc2c1=O. The molecule has 0 spiro atoms. The minimum absolute atomic E-state index is 0.0278. The number of thiophene rings is 1. The van der Waals surface area contributed by atoms with Crippen molar-refractivity contribution < 1.29 is 4.79 Å². The highest BCUT2D eigenvalue weighted by Gasteiger charge is 2.25. The van der Waals surface area contributed by atoms with E-state index in [1.54, 1.807) is 6.07 Å². The summed E-state index contributed by atoms with van der Waals surface area (Å²) in [6.07, 6.45) is 5.77. The Labute approximate surface area is 127 Å². The van der Waals surface area contributed by atoms with E-state index in [-0.39, 0.29) is 18.0 Å². The Kier molecular flexibility index (Phi) is 4.05. The van der Waals surface area contributed by atoms with Crippen LogP contribution in [0.3, 0.4) is 0 Å². The quantitative estimate of drug-likeness (QED) is 0.874.